The number of Topliss-reactive ketones (excluding diaryl/α,β-unsaturated/α-hetero) is 1. The Bertz CT molecular complexity index is 456. The summed E-state index contributed by atoms with van der Waals surface area (Å²) in [6, 6.07) is 5.92. The van der Waals surface area contributed by atoms with Gasteiger partial charge in [-0.15, -0.1) is 0 Å². The van der Waals surface area contributed by atoms with E-state index in [1.54, 1.807) is 0 Å². The van der Waals surface area contributed by atoms with E-state index in [1.165, 1.54) is 6.92 Å². The molecule has 1 aromatic carbocycles. The van der Waals surface area contributed by atoms with Gasteiger partial charge in [-0.2, -0.15) is 0 Å². The molecule has 1 aromatic rings. The minimum absolute atomic E-state index is 0.0173. The van der Waals surface area contributed by atoms with Crippen molar-refractivity contribution in [3.8, 4) is 0 Å². The van der Waals surface area contributed by atoms with Crippen molar-refractivity contribution in [2.24, 2.45) is 0 Å². The van der Waals surface area contributed by atoms with Crippen LogP contribution in [0.4, 0.5) is 5.69 Å². The Morgan fingerprint density at radius 2 is 1.76 bits per heavy atom. The van der Waals surface area contributed by atoms with Crippen LogP contribution in [0.25, 0.3) is 0 Å². The Morgan fingerprint density at radius 3 is 2.24 bits per heavy atom. The molecule has 0 spiro atoms. The van der Waals surface area contributed by atoms with E-state index in [9.17, 15) is 9.59 Å². The highest BCUT2D eigenvalue weighted by atomic mass is 16.2. The molecule has 3 nitrogen and oxygen atoms in total. The van der Waals surface area contributed by atoms with Gasteiger partial charge in [0.2, 0.25) is 5.78 Å². The molecule has 92 valence electrons. The van der Waals surface area contributed by atoms with Gasteiger partial charge in [-0.25, -0.2) is 0 Å². The van der Waals surface area contributed by atoms with Crippen molar-refractivity contribution in [2.75, 3.05) is 5.32 Å². The molecule has 0 aliphatic heterocycles. The van der Waals surface area contributed by atoms with Gasteiger partial charge in [-0.05, 0) is 29.5 Å². The second-order valence-corrected chi connectivity index (χ2v) is 5.29. The maximum atomic E-state index is 11.4. The SMILES string of the molecule is CC(=O)C(=O)Nc1cc(C(C)(C)C)ccc1C. The zero-order valence-corrected chi connectivity index (χ0v) is 11.0. The summed E-state index contributed by atoms with van der Waals surface area (Å²) < 4.78 is 0. The second kappa shape index (κ2) is 4.70. The average molecular weight is 233 g/mol. The van der Waals surface area contributed by atoms with Gasteiger partial charge in [0.25, 0.3) is 5.91 Å². The first-order valence-corrected chi connectivity index (χ1v) is 5.65. The standard InChI is InChI=1S/C14H19NO2/c1-9-6-7-11(14(3,4)5)8-12(9)15-13(17)10(2)16/h6-8H,1-5H3,(H,15,17). The lowest BCUT2D eigenvalue weighted by Crippen LogP contribution is -2.21. The van der Waals surface area contributed by atoms with Crippen LogP contribution in [-0.4, -0.2) is 11.7 Å². The zero-order chi connectivity index (χ0) is 13.2. The third-order valence-electron chi connectivity index (χ3n) is 2.67. The summed E-state index contributed by atoms with van der Waals surface area (Å²) in [6.45, 7) is 9.48. The molecular formula is C14H19NO2. The Hall–Kier alpha value is -1.64. The molecule has 0 atom stereocenters. The number of nitrogens with one attached hydrogen (secondary N) is 1. The van der Waals surface area contributed by atoms with Gasteiger partial charge in [0.05, 0.1) is 0 Å². The maximum absolute atomic E-state index is 11.4. The first-order chi connectivity index (χ1) is 7.71. The molecule has 0 heterocycles. The number of hydrogen-bond acceptors (Lipinski definition) is 2. The van der Waals surface area contributed by atoms with Crippen LogP contribution in [0.15, 0.2) is 18.2 Å². The predicted octanol–water partition coefficient (Wildman–Crippen LogP) is 2.82. The Kier molecular flexibility index (Phi) is 3.71. The molecular weight excluding hydrogens is 214 g/mol. The molecule has 0 bridgehead atoms. The number of carbonyl (C=O) groups excluding carboxylic acids is 2. The van der Waals surface area contributed by atoms with Crippen molar-refractivity contribution >= 4 is 17.4 Å². The van der Waals surface area contributed by atoms with Crippen molar-refractivity contribution in [2.45, 2.75) is 40.0 Å². The number of ketones is 1. The van der Waals surface area contributed by atoms with E-state index in [0.29, 0.717) is 5.69 Å². The van der Waals surface area contributed by atoms with E-state index < -0.39 is 11.7 Å². The fourth-order valence-corrected chi connectivity index (χ4v) is 1.43. The van der Waals surface area contributed by atoms with E-state index >= 15 is 0 Å². The lowest BCUT2D eigenvalue weighted by molar-refractivity contribution is -0.133. The fourth-order valence-electron chi connectivity index (χ4n) is 1.43. The smallest absolute Gasteiger partial charge is 0.291 e. The molecule has 1 amide bonds. The first kappa shape index (κ1) is 13.4. The van der Waals surface area contributed by atoms with E-state index in [1.807, 2.05) is 25.1 Å². The number of anilines is 1. The van der Waals surface area contributed by atoms with Gasteiger partial charge in [-0.1, -0.05) is 32.9 Å². The molecule has 0 aromatic heterocycles. The van der Waals surface area contributed by atoms with Crippen molar-refractivity contribution in [1.82, 2.24) is 0 Å². The summed E-state index contributed by atoms with van der Waals surface area (Å²) in [6.07, 6.45) is 0. The molecule has 1 N–H and O–H groups in total. The average Bonchev–Trinajstić information content (AvgIpc) is 2.19. The van der Waals surface area contributed by atoms with Crippen LogP contribution in [-0.2, 0) is 15.0 Å². The monoisotopic (exact) mass is 233 g/mol. The Balaban J connectivity index is 3.07. The van der Waals surface area contributed by atoms with Crippen LogP contribution in [0, 0.1) is 6.92 Å². The Labute approximate surface area is 102 Å². The largest absolute Gasteiger partial charge is 0.319 e. The molecule has 17 heavy (non-hydrogen) atoms. The van der Waals surface area contributed by atoms with Crippen molar-refractivity contribution in [3.05, 3.63) is 29.3 Å². The fraction of sp³-hybridized carbons (Fsp3) is 0.429. The van der Waals surface area contributed by atoms with Crippen molar-refractivity contribution in [1.29, 1.82) is 0 Å². The quantitative estimate of drug-likeness (QED) is 0.798. The zero-order valence-electron chi connectivity index (χ0n) is 11.0. The number of carbonyl (C=O) groups is 2. The summed E-state index contributed by atoms with van der Waals surface area (Å²) in [4.78, 5) is 22.3. The van der Waals surface area contributed by atoms with Gasteiger partial charge in [-0.3, -0.25) is 9.59 Å². The van der Waals surface area contributed by atoms with Gasteiger partial charge in [0.1, 0.15) is 0 Å². The number of hydrogen-bond donors (Lipinski definition) is 1. The maximum Gasteiger partial charge on any atom is 0.291 e. The topological polar surface area (TPSA) is 46.2 Å². The van der Waals surface area contributed by atoms with Crippen molar-refractivity contribution in [3.63, 3.8) is 0 Å². The predicted molar refractivity (Wildman–Crippen MR) is 69.2 cm³/mol. The highest BCUT2D eigenvalue weighted by molar-refractivity contribution is 6.39. The molecule has 0 fully saturated rings. The third kappa shape index (κ3) is 3.41. The lowest BCUT2D eigenvalue weighted by Gasteiger charge is -2.20. The molecule has 0 aliphatic rings. The van der Waals surface area contributed by atoms with Gasteiger partial charge in [0, 0.05) is 12.6 Å². The van der Waals surface area contributed by atoms with Crippen LogP contribution >= 0.6 is 0 Å². The molecule has 3 heteroatoms. The summed E-state index contributed by atoms with van der Waals surface area (Å²) in [5, 5.41) is 2.63. The summed E-state index contributed by atoms with van der Waals surface area (Å²) in [5.74, 6) is -1.05. The minimum atomic E-state index is -0.570. The van der Waals surface area contributed by atoms with Crippen LogP contribution in [0.3, 0.4) is 0 Å². The van der Waals surface area contributed by atoms with E-state index in [-0.39, 0.29) is 5.41 Å². The summed E-state index contributed by atoms with van der Waals surface area (Å²) in [5.41, 5.74) is 2.80. The molecule has 0 radical (unpaired) electrons. The van der Waals surface area contributed by atoms with Gasteiger partial charge < -0.3 is 5.32 Å². The van der Waals surface area contributed by atoms with E-state index in [0.717, 1.165) is 11.1 Å². The van der Waals surface area contributed by atoms with Gasteiger partial charge >= 0.3 is 0 Å². The first-order valence-electron chi connectivity index (χ1n) is 5.65. The number of amides is 1. The van der Waals surface area contributed by atoms with Crippen LogP contribution in [0.2, 0.25) is 0 Å². The summed E-state index contributed by atoms with van der Waals surface area (Å²) >= 11 is 0. The van der Waals surface area contributed by atoms with Gasteiger partial charge in [0.15, 0.2) is 0 Å². The number of rotatable bonds is 2. The highest BCUT2D eigenvalue weighted by Crippen LogP contribution is 2.26. The second-order valence-electron chi connectivity index (χ2n) is 5.29. The molecule has 0 saturated heterocycles. The van der Waals surface area contributed by atoms with Crippen LogP contribution in [0.5, 0.6) is 0 Å². The van der Waals surface area contributed by atoms with E-state index in [4.69, 9.17) is 0 Å². The third-order valence-corrected chi connectivity index (χ3v) is 2.67. The molecule has 0 unspecified atom stereocenters. The van der Waals surface area contributed by atoms with E-state index in [2.05, 4.69) is 26.1 Å². The number of aryl methyl sites for hydroxylation is 1. The normalized spacial score (nSPS) is 11.1. The minimum Gasteiger partial charge on any atom is -0.319 e. The summed E-state index contributed by atoms with van der Waals surface area (Å²) in [7, 11) is 0. The van der Waals surface area contributed by atoms with Crippen LogP contribution in [0.1, 0.15) is 38.8 Å². The lowest BCUT2D eigenvalue weighted by atomic mass is 9.86. The van der Waals surface area contributed by atoms with Crippen molar-refractivity contribution < 1.29 is 9.59 Å². The molecule has 1 rings (SSSR count). The molecule has 0 aliphatic carbocycles. The Morgan fingerprint density at radius 1 is 1.18 bits per heavy atom. The van der Waals surface area contributed by atoms with Crippen LogP contribution < -0.4 is 5.32 Å². The highest BCUT2D eigenvalue weighted by Gasteiger charge is 2.16. The number of benzene rings is 1. The molecule has 0 saturated carbocycles.